The van der Waals surface area contributed by atoms with Gasteiger partial charge < -0.3 is 14.7 Å². The van der Waals surface area contributed by atoms with Crippen molar-refractivity contribution < 1.29 is 19.4 Å². The monoisotopic (exact) mass is 291 g/mol. The van der Waals surface area contributed by atoms with Crippen LogP contribution in [0.1, 0.15) is 24.8 Å². The minimum absolute atomic E-state index is 0.0205. The van der Waals surface area contributed by atoms with Crippen molar-refractivity contribution in [1.82, 2.24) is 4.90 Å². The predicted octanol–water partition coefficient (Wildman–Crippen LogP) is 2.09. The zero-order chi connectivity index (χ0) is 15.2. The molecular weight excluding hydrogens is 270 g/mol. The van der Waals surface area contributed by atoms with Gasteiger partial charge in [0.25, 0.3) is 0 Å². The zero-order valence-electron chi connectivity index (χ0n) is 12.2. The minimum atomic E-state index is -0.812. The number of likely N-dealkylation sites (tertiary alicyclic amines) is 1. The van der Waals surface area contributed by atoms with Gasteiger partial charge in [-0.25, -0.2) is 0 Å². The van der Waals surface area contributed by atoms with Crippen molar-refractivity contribution in [2.75, 3.05) is 19.7 Å². The topological polar surface area (TPSA) is 66.8 Å². The number of nitrogens with zero attached hydrogens (tertiary/aromatic N) is 1. The van der Waals surface area contributed by atoms with E-state index in [1.165, 1.54) is 0 Å². The number of ether oxygens (including phenoxy) is 1. The van der Waals surface area contributed by atoms with E-state index in [0.717, 1.165) is 11.3 Å². The van der Waals surface area contributed by atoms with E-state index < -0.39 is 11.9 Å². The van der Waals surface area contributed by atoms with Gasteiger partial charge in [-0.3, -0.25) is 9.59 Å². The Morgan fingerprint density at radius 2 is 2.14 bits per heavy atom. The molecule has 1 saturated heterocycles. The summed E-state index contributed by atoms with van der Waals surface area (Å²) in [6.07, 6.45) is 1.60. The molecule has 1 atom stereocenters. The largest absolute Gasteiger partial charge is 0.493 e. The molecule has 1 fully saturated rings. The molecule has 5 nitrogen and oxygen atoms in total. The molecule has 5 heteroatoms. The number of amides is 1. The van der Waals surface area contributed by atoms with Crippen molar-refractivity contribution in [3.63, 3.8) is 0 Å². The van der Waals surface area contributed by atoms with Gasteiger partial charge in [-0.2, -0.15) is 0 Å². The van der Waals surface area contributed by atoms with Crippen molar-refractivity contribution in [3.8, 4) is 5.75 Å². The second kappa shape index (κ2) is 7.11. The first kappa shape index (κ1) is 15.4. The van der Waals surface area contributed by atoms with E-state index in [9.17, 15) is 9.59 Å². The highest BCUT2D eigenvalue weighted by molar-refractivity contribution is 5.78. The number of aliphatic carboxylic acids is 1. The number of carbonyl (C=O) groups is 2. The molecule has 1 aromatic carbocycles. The van der Waals surface area contributed by atoms with Gasteiger partial charge in [0.15, 0.2) is 0 Å². The molecule has 1 heterocycles. The first-order valence-electron chi connectivity index (χ1n) is 7.27. The van der Waals surface area contributed by atoms with Gasteiger partial charge in [-0.1, -0.05) is 18.2 Å². The molecule has 1 aromatic rings. The number of rotatable bonds is 6. The Balaban J connectivity index is 1.68. The second-order valence-corrected chi connectivity index (χ2v) is 5.38. The van der Waals surface area contributed by atoms with Crippen LogP contribution in [0.5, 0.6) is 5.75 Å². The summed E-state index contributed by atoms with van der Waals surface area (Å²) in [5.74, 6) is -0.352. The lowest BCUT2D eigenvalue weighted by molar-refractivity contribution is -0.141. The normalized spacial score (nSPS) is 17.8. The summed E-state index contributed by atoms with van der Waals surface area (Å²) in [6.45, 7) is 3.37. The van der Waals surface area contributed by atoms with Crippen LogP contribution >= 0.6 is 0 Å². The van der Waals surface area contributed by atoms with Crippen LogP contribution in [0, 0.1) is 12.8 Å². The fraction of sp³-hybridized carbons (Fsp3) is 0.500. The van der Waals surface area contributed by atoms with Crippen molar-refractivity contribution in [2.24, 2.45) is 5.92 Å². The lowest BCUT2D eigenvalue weighted by atomic mass is 10.1. The molecule has 0 radical (unpaired) electrons. The third-order valence-corrected chi connectivity index (χ3v) is 3.78. The lowest BCUT2D eigenvalue weighted by Crippen LogP contribution is -2.30. The van der Waals surface area contributed by atoms with Crippen molar-refractivity contribution in [2.45, 2.75) is 26.2 Å². The van der Waals surface area contributed by atoms with Crippen molar-refractivity contribution in [3.05, 3.63) is 29.8 Å². The average Bonchev–Trinajstić information content (AvgIpc) is 2.95. The number of hydrogen-bond acceptors (Lipinski definition) is 3. The predicted molar refractivity (Wildman–Crippen MR) is 78.2 cm³/mol. The highest BCUT2D eigenvalue weighted by Gasteiger charge is 2.30. The standard InChI is InChI=1S/C16H21NO4/c1-12-5-2-3-6-14(12)21-10-4-7-15(18)17-9-8-13(11-17)16(19)20/h2-3,5-6,13H,4,7-11H2,1H3,(H,19,20)/t13-/m0/s1. The number of hydrogen-bond donors (Lipinski definition) is 1. The Labute approximate surface area is 124 Å². The number of carbonyl (C=O) groups excluding carboxylic acids is 1. The highest BCUT2D eigenvalue weighted by atomic mass is 16.5. The maximum Gasteiger partial charge on any atom is 0.308 e. The molecular formula is C16H21NO4. The van der Waals surface area contributed by atoms with E-state index in [1.54, 1.807) is 4.90 Å². The molecule has 0 spiro atoms. The average molecular weight is 291 g/mol. The molecule has 0 aromatic heterocycles. The Bertz CT molecular complexity index is 515. The fourth-order valence-electron chi connectivity index (χ4n) is 2.47. The Morgan fingerprint density at radius 3 is 2.81 bits per heavy atom. The van der Waals surface area contributed by atoms with Crippen LogP contribution in [0.2, 0.25) is 0 Å². The molecule has 2 rings (SSSR count). The summed E-state index contributed by atoms with van der Waals surface area (Å²) in [5, 5.41) is 8.92. The van der Waals surface area contributed by atoms with E-state index in [4.69, 9.17) is 9.84 Å². The van der Waals surface area contributed by atoms with Gasteiger partial charge in [-0.05, 0) is 31.4 Å². The first-order valence-corrected chi connectivity index (χ1v) is 7.27. The summed E-state index contributed by atoms with van der Waals surface area (Å²) < 4.78 is 5.64. The summed E-state index contributed by atoms with van der Waals surface area (Å²) >= 11 is 0. The van der Waals surface area contributed by atoms with Gasteiger partial charge in [0.2, 0.25) is 5.91 Å². The molecule has 1 amide bonds. The molecule has 21 heavy (non-hydrogen) atoms. The van der Waals surface area contributed by atoms with Crippen molar-refractivity contribution >= 4 is 11.9 Å². The number of carboxylic acid groups (broad SMARTS) is 1. The van der Waals surface area contributed by atoms with Crippen LogP contribution in [-0.2, 0) is 9.59 Å². The van der Waals surface area contributed by atoms with Gasteiger partial charge in [0, 0.05) is 19.5 Å². The van der Waals surface area contributed by atoms with Crippen LogP contribution < -0.4 is 4.74 Å². The van der Waals surface area contributed by atoms with E-state index >= 15 is 0 Å². The van der Waals surface area contributed by atoms with Gasteiger partial charge in [0.1, 0.15) is 5.75 Å². The van der Waals surface area contributed by atoms with Gasteiger partial charge in [0.05, 0.1) is 12.5 Å². The Kier molecular flexibility index (Phi) is 5.20. The number of para-hydroxylation sites is 1. The molecule has 1 aliphatic rings. The molecule has 0 unspecified atom stereocenters. The van der Waals surface area contributed by atoms with E-state index in [2.05, 4.69) is 0 Å². The smallest absolute Gasteiger partial charge is 0.308 e. The second-order valence-electron chi connectivity index (χ2n) is 5.38. The highest BCUT2D eigenvalue weighted by Crippen LogP contribution is 2.18. The third kappa shape index (κ3) is 4.21. The van der Waals surface area contributed by atoms with Crippen molar-refractivity contribution in [1.29, 1.82) is 0 Å². The van der Waals surface area contributed by atoms with Crippen LogP contribution in [0.15, 0.2) is 24.3 Å². The summed E-state index contributed by atoms with van der Waals surface area (Å²) in [6, 6.07) is 7.77. The molecule has 0 bridgehead atoms. The number of benzene rings is 1. The SMILES string of the molecule is Cc1ccccc1OCCCC(=O)N1CC[C@H](C(=O)O)C1. The molecule has 0 aliphatic carbocycles. The van der Waals surface area contributed by atoms with Crippen LogP contribution in [0.3, 0.4) is 0 Å². The Morgan fingerprint density at radius 1 is 1.38 bits per heavy atom. The summed E-state index contributed by atoms with van der Waals surface area (Å²) in [5.41, 5.74) is 1.08. The summed E-state index contributed by atoms with van der Waals surface area (Å²) in [4.78, 5) is 24.5. The zero-order valence-corrected chi connectivity index (χ0v) is 12.2. The maximum atomic E-state index is 12.0. The molecule has 1 N–H and O–H groups in total. The summed E-state index contributed by atoms with van der Waals surface area (Å²) in [7, 11) is 0. The maximum absolute atomic E-state index is 12.0. The van der Waals surface area contributed by atoms with Gasteiger partial charge in [-0.15, -0.1) is 0 Å². The van der Waals surface area contributed by atoms with Crippen LogP contribution in [-0.4, -0.2) is 41.6 Å². The van der Waals surface area contributed by atoms with E-state index in [1.807, 2.05) is 31.2 Å². The molecule has 114 valence electrons. The van der Waals surface area contributed by atoms with Gasteiger partial charge >= 0.3 is 5.97 Å². The molecule has 1 aliphatic heterocycles. The lowest BCUT2D eigenvalue weighted by Gasteiger charge is -2.16. The first-order chi connectivity index (χ1) is 10.1. The minimum Gasteiger partial charge on any atom is -0.493 e. The van der Waals surface area contributed by atoms with E-state index in [0.29, 0.717) is 39.0 Å². The van der Waals surface area contributed by atoms with E-state index in [-0.39, 0.29) is 5.91 Å². The quantitative estimate of drug-likeness (QED) is 0.815. The number of aryl methyl sites for hydroxylation is 1. The van der Waals surface area contributed by atoms with Crippen LogP contribution in [0.4, 0.5) is 0 Å². The fourth-order valence-corrected chi connectivity index (χ4v) is 2.47. The Hall–Kier alpha value is -2.04. The third-order valence-electron chi connectivity index (χ3n) is 3.78. The number of carboxylic acids is 1. The molecule has 0 saturated carbocycles. The van der Waals surface area contributed by atoms with Crippen LogP contribution in [0.25, 0.3) is 0 Å².